The topological polar surface area (TPSA) is 63.3 Å². The van der Waals surface area contributed by atoms with E-state index in [2.05, 4.69) is 16.6 Å². The first-order valence-corrected chi connectivity index (χ1v) is 4.45. The van der Waals surface area contributed by atoms with Crippen molar-refractivity contribution in [3.63, 3.8) is 0 Å². The third-order valence-electron chi connectivity index (χ3n) is 1.57. The molecule has 0 saturated heterocycles. The monoisotopic (exact) mass is 225 g/mol. The Morgan fingerprint density at radius 3 is 2.60 bits per heavy atom. The van der Waals surface area contributed by atoms with Gasteiger partial charge in [0.1, 0.15) is 12.0 Å². The van der Waals surface area contributed by atoms with E-state index in [9.17, 15) is 5.11 Å². The van der Waals surface area contributed by atoms with Gasteiger partial charge in [0.15, 0.2) is 0 Å². The first-order chi connectivity index (χ1) is 7.29. The van der Waals surface area contributed by atoms with Gasteiger partial charge < -0.3 is 9.52 Å². The van der Waals surface area contributed by atoms with Crippen LogP contribution in [0.4, 0.5) is 0 Å². The third kappa shape index (κ3) is 3.11. The molecule has 2 rings (SSSR count). The lowest BCUT2D eigenvalue weighted by Gasteiger charge is -1.97. The normalized spacial score (nSPS) is 8.87. The summed E-state index contributed by atoms with van der Waals surface area (Å²) in [7, 11) is 0. The number of benzene rings is 1. The van der Waals surface area contributed by atoms with Crippen LogP contribution in [0.3, 0.4) is 0 Å². The molecule has 0 spiro atoms. The van der Waals surface area contributed by atoms with Crippen LogP contribution in [0.5, 0.6) is 5.75 Å². The molecule has 1 aromatic heterocycles. The van der Waals surface area contributed by atoms with E-state index in [1.54, 1.807) is 24.4 Å². The van der Waals surface area contributed by atoms with Crippen LogP contribution in [0.1, 0.15) is 0 Å². The largest absolute Gasteiger partial charge is 0.507 e. The van der Waals surface area contributed by atoms with Gasteiger partial charge in [0, 0.05) is 0 Å². The molecule has 0 aliphatic heterocycles. The van der Waals surface area contributed by atoms with Crippen LogP contribution >= 0.6 is 11.6 Å². The second-order valence-electron chi connectivity index (χ2n) is 2.44. The van der Waals surface area contributed by atoms with Crippen molar-refractivity contribution in [1.82, 2.24) is 4.98 Å². The minimum Gasteiger partial charge on any atom is -0.507 e. The van der Waals surface area contributed by atoms with Crippen LogP contribution in [0.15, 0.2) is 41.1 Å². The van der Waals surface area contributed by atoms with Gasteiger partial charge in [0.25, 0.3) is 0 Å². The Morgan fingerprint density at radius 2 is 2.07 bits per heavy atom. The van der Waals surface area contributed by atoms with Crippen molar-refractivity contribution in [2.24, 2.45) is 0 Å². The summed E-state index contributed by atoms with van der Waals surface area (Å²) in [6.45, 7) is 0. The zero-order valence-corrected chi connectivity index (χ0v) is 8.39. The van der Waals surface area contributed by atoms with Gasteiger partial charge in [-0.3, -0.25) is 4.79 Å². The van der Waals surface area contributed by atoms with E-state index in [0.717, 1.165) is 0 Å². The van der Waals surface area contributed by atoms with Crippen LogP contribution in [-0.4, -0.2) is 15.8 Å². The summed E-state index contributed by atoms with van der Waals surface area (Å²) in [6, 6.07) is 6.92. The average Bonchev–Trinajstić information content (AvgIpc) is 2.72. The molecule has 0 saturated carbocycles. The molecule has 78 valence electrons. The lowest BCUT2D eigenvalue weighted by molar-refractivity contribution is 0.473. The Kier molecular flexibility index (Phi) is 4.37. The number of phenolic OH excluding ortho intramolecular Hbond substituents is 1. The van der Waals surface area contributed by atoms with Crippen LogP contribution in [0.25, 0.3) is 11.5 Å². The van der Waals surface area contributed by atoms with Gasteiger partial charge in [-0.25, -0.2) is 4.98 Å². The van der Waals surface area contributed by atoms with E-state index < -0.39 is 0 Å². The fourth-order valence-electron chi connectivity index (χ4n) is 1.01. The number of phenols is 1. The van der Waals surface area contributed by atoms with Crippen LogP contribution in [-0.2, 0) is 4.79 Å². The Hall–Kier alpha value is -1.81. The Bertz CT molecular complexity index is 414. The van der Waals surface area contributed by atoms with Crippen molar-refractivity contribution in [2.75, 3.05) is 0 Å². The number of aromatic hydroxyl groups is 1. The molecule has 4 nitrogen and oxygen atoms in total. The van der Waals surface area contributed by atoms with Gasteiger partial charge in [0.05, 0.1) is 11.8 Å². The Balaban J connectivity index is 0.000000337. The third-order valence-corrected chi connectivity index (χ3v) is 1.57. The summed E-state index contributed by atoms with van der Waals surface area (Å²) in [5, 5.41) is 9.38. The summed E-state index contributed by atoms with van der Waals surface area (Å²) in [6.07, 6.45) is 3.02. The highest BCUT2D eigenvalue weighted by atomic mass is 35.5. The second-order valence-corrected chi connectivity index (χ2v) is 2.62. The fourth-order valence-corrected chi connectivity index (χ4v) is 1.01. The van der Waals surface area contributed by atoms with Crippen molar-refractivity contribution >= 4 is 17.3 Å². The van der Waals surface area contributed by atoms with E-state index in [1.165, 1.54) is 6.26 Å². The number of para-hydroxylation sites is 1. The summed E-state index contributed by atoms with van der Waals surface area (Å²) in [4.78, 5) is 12.5. The molecule has 2 aromatic rings. The molecule has 0 radical (unpaired) electrons. The predicted octanol–water partition coefficient (Wildman–Crippen LogP) is 2.46. The molecular weight excluding hydrogens is 218 g/mol. The van der Waals surface area contributed by atoms with Crippen LogP contribution < -0.4 is 0 Å². The predicted molar refractivity (Wildman–Crippen MR) is 56.2 cm³/mol. The molecular formula is C10H8ClNO3. The van der Waals surface area contributed by atoms with Crippen molar-refractivity contribution in [2.45, 2.75) is 0 Å². The van der Waals surface area contributed by atoms with Gasteiger partial charge in [0.2, 0.25) is 11.6 Å². The number of hydrogen-bond acceptors (Lipinski definition) is 4. The molecule has 0 fully saturated rings. The van der Waals surface area contributed by atoms with Crippen LogP contribution in [0, 0.1) is 0 Å². The minimum absolute atomic E-state index is 0.181. The number of rotatable bonds is 1. The zero-order valence-electron chi connectivity index (χ0n) is 7.63. The molecule has 15 heavy (non-hydrogen) atoms. The van der Waals surface area contributed by atoms with Crippen molar-refractivity contribution in [1.29, 1.82) is 0 Å². The van der Waals surface area contributed by atoms with Crippen molar-refractivity contribution < 1.29 is 14.3 Å². The zero-order chi connectivity index (χ0) is 11.1. The number of halogens is 1. The standard InChI is InChI=1S/C9H7NO2.CHClO/c11-8-4-2-1-3-7(8)9-10-5-6-12-9;2-1-3/h1-6,11H;1H. The molecule has 0 atom stereocenters. The first-order valence-electron chi connectivity index (χ1n) is 4.01. The number of nitrogens with zero attached hydrogens (tertiary/aromatic N) is 1. The smallest absolute Gasteiger partial charge is 0.229 e. The molecule has 1 heterocycles. The number of carbonyl (C=O) groups is 1. The number of carbonyl (C=O) groups excluding carboxylic acids is 1. The summed E-state index contributed by atoms with van der Waals surface area (Å²) in [5.41, 5.74) is 0.613. The molecule has 0 amide bonds. The van der Waals surface area contributed by atoms with Crippen molar-refractivity contribution in [3.05, 3.63) is 36.7 Å². The molecule has 1 aromatic carbocycles. The molecule has 0 bridgehead atoms. The maximum absolute atomic E-state index is 9.38. The molecule has 0 unspecified atom stereocenters. The van der Waals surface area contributed by atoms with E-state index in [0.29, 0.717) is 11.5 Å². The number of oxazole rings is 1. The van der Waals surface area contributed by atoms with Gasteiger partial charge in [-0.1, -0.05) is 12.1 Å². The van der Waals surface area contributed by atoms with Gasteiger partial charge in [-0.05, 0) is 23.7 Å². The van der Waals surface area contributed by atoms with Gasteiger partial charge >= 0.3 is 0 Å². The van der Waals surface area contributed by atoms with E-state index >= 15 is 0 Å². The van der Waals surface area contributed by atoms with E-state index in [1.807, 2.05) is 6.07 Å². The maximum Gasteiger partial charge on any atom is 0.229 e. The SMILES string of the molecule is O=CCl.Oc1ccccc1-c1ncco1. The highest BCUT2D eigenvalue weighted by Crippen LogP contribution is 2.26. The maximum atomic E-state index is 9.38. The number of aromatic nitrogens is 1. The first kappa shape index (κ1) is 11.3. The second kappa shape index (κ2) is 5.82. The fraction of sp³-hybridized carbons (Fsp3) is 0. The summed E-state index contributed by atoms with van der Waals surface area (Å²) >= 11 is 4.32. The van der Waals surface area contributed by atoms with Crippen LogP contribution in [0.2, 0.25) is 0 Å². The van der Waals surface area contributed by atoms with Gasteiger partial charge in [-0.15, -0.1) is 0 Å². The Morgan fingerprint density at radius 1 is 1.40 bits per heavy atom. The van der Waals surface area contributed by atoms with Crippen molar-refractivity contribution in [3.8, 4) is 17.2 Å². The molecule has 1 N–H and O–H groups in total. The molecule has 0 aliphatic carbocycles. The number of hydrogen-bond donors (Lipinski definition) is 1. The summed E-state index contributed by atoms with van der Waals surface area (Å²) in [5.74, 6) is 0.841. The summed E-state index contributed by atoms with van der Waals surface area (Å²) < 4.78 is 5.03. The van der Waals surface area contributed by atoms with Gasteiger partial charge in [-0.2, -0.15) is 0 Å². The highest BCUT2D eigenvalue weighted by molar-refractivity contribution is 6.54. The lowest BCUT2D eigenvalue weighted by atomic mass is 10.2. The molecule has 0 aliphatic rings. The molecule has 5 heteroatoms. The Labute approximate surface area is 91.1 Å². The lowest BCUT2D eigenvalue weighted by Crippen LogP contribution is -1.76. The average molecular weight is 226 g/mol. The minimum atomic E-state index is 0.181. The highest BCUT2D eigenvalue weighted by Gasteiger charge is 2.05. The van der Waals surface area contributed by atoms with E-state index in [-0.39, 0.29) is 11.5 Å². The quantitative estimate of drug-likeness (QED) is 0.598. The van der Waals surface area contributed by atoms with E-state index in [4.69, 9.17) is 9.21 Å².